The van der Waals surface area contributed by atoms with Crippen molar-refractivity contribution < 1.29 is 42.9 Å². The van der Waals surface area contributed by atoms with Gasteiger partial charge in [0.15, 0.2) is 0 Å². The monoisotopic (exact) mass is 590 g/mol. The third-order valence-electron chi connectivity index (χ3n) is 5.61. The average molecular weight is 591 g/mol. The molecule has 0 aliphatic carbocycles. The SMILES string of the molecule is COC(=O)CC(NCC(C)C)C(=O)NC(C)COCCOCCOCC(C)NC(=O)CC(NCC(C)C)C(=O)OC. The van der Waals surface area contributed by atoms with Crippen molar-refractivity contribution >= 4 is 23.8 Å². The van der Waals surface area contributed by atoms with Gasteiger partial charge in [-0.2, -0.15) is 0 Å². The lowest BCUT2D eigenvalue weighted by Gasteiger charge is -2.21. The first-order valence-corrected chi connectivity index (χ1v) is 14.3. The number of hydrogen-bond acceptors (Lipinski definition) is 11. The molecule has 41 heavy (non-hydrogen) atoms. The van der Waals surface area contributed by atoms with Crippen molar-refractivity contribution in [1.82, 2.24) is 21.3 Å². The molecular formula is C28H54N4O9. The molecule has 240 valence electrons. The van der Waals surface area contributed by atoms with Crippen molar-refractivity contribution in [2.24, 2.45) is 11.8 Å². The summed E-state index contributed by atoms with van der Waals surface area (Å²) in [7, 11) is 2.59. The van der Waals surface area contributed by atoms with E-state index in [0.717, 1.165) is 0 Å². The molecule has 4 N–H and O–H groups in total. The second kappa shape index (κ2) is 23.3. The predicted octanol–water partition coefficient (Wildman–Crippen LogP) is 0.400. The van der Waals surface area contributed by atoms with Crippen LogP contribution < -0.4 is 21.3 Å². The van der Waals surface area contributed by atoms with E-state index in [1.807, 2.05) is 41.5 Å². The number of hydrogen-bond donors (Lipinski definition) is 4. The molecular weight excluding hydrogens is 536 g/mol. The summed E-state index contributed by atoms with van der Waals surface area (Å²) in [6.07, 6.45) is -0.0618. The minimum absolute atomic E-state index is 0.0156. The van der Waals surface area contributed by atoms with Crippen LogP contribution in [0.5, 0.6) is 0 Å². The molecule has 13 heteroatoms. The molecule has 13 nitrogen and oxygen atoms in total. The van der Waals surface area contributed by atoms with Gasteiger partial charge in [0, 0.05) is 12.1 Å². The van der Waals surface area contributed by atoms with Crippen molar-refractivity contribution in [2.75, 3.05) is 67.0 Å². The van der Waals surface area contributed by atoms with E-state index in [2.05, 4.69) is 21.3 Å². The second-order valence-electron chi connectivity index (χ2n) is 10.9. The molecule has 0 aliphatic heterocycles. The van der Waals surface area contributed by atoms with Crippen LogP contribution in [-0.2, 0) is 42.9 Å². The second-order valence-corrected chi connectivity index (χ2v) is 10.9. The smallest absolute Gasteiger partial charge is 0.323 e. The highest BCUT2D eigenvalue weighted by molar-refractivity contribution is 5.87. The summed E-state index contributed by atoms with van der Waals surface area (Å²) in [5.74, 6) is -0.812. The van der Waals surface area contributed by atoms with Crippen LogP contribution in [0.25, 0.3) is 0 Å². The van der Waals surface area contributed by atoms with Gasteiger partial charge in [0.05, 0.1) is 72.7 Å². The third-order valence-corrected chi connectivity index (χ3v) is 5.61. The molecule has 0 radical (unpaired) electrons. The lowest BCUT2D eigenvalue weighted by Crippen LogP contribution is -2.50. The highest BCUT2D eigenvalue weighted by Gasteiger charge is 2.24. The van der Waals surface area contributed by atoms with Crippen LogP contribution in [0.3, 0.4) is 0 Å². The predicted molar refractivity (Wildman–Crippen MR) is 154 cm³/mol. The summed E-state index contributed by atoms with van der Waals surface area (Å²) >= 11 is 0. The van der Waals surface area contributed by atoms with Gasteiger partial charge in [-0.1, -0.05) is 27.7 Å². The summed E-state index contributed by atoms with van der Waals surface area (Å²) in [6, 6.07) is -1.85. The fraction of sp³-hybridized carbons (Fsp3) is 0.857. The van der Waals surface area contributed by atoms with Crippen LogP contribution in [0.4, 0.5) is 0 Å². The normalized spacial score (nSPS) is 14.3. The van der Waals surface area contributed by atoms with E-state index >= 15 is 0 Å². The number of amides is 2. The maximum Gasteiger partial charge on any atom is 0.323 e. The molecule has 0 heterocycles. The number of ether oxygens (including phenoxy) is 5. The summed E-state index contributed by atoms with van der Waals surface area (Å²) in [5, 5.41) is 11.8. The van der Waals surface area contributed by atoms with Crippen LogP contribution >= 0.6 is 0 Å². The Hall–Kier alpha value is -2.32. The summed E-state index contributed by atoms with van der Waals surface area (Å²) in [6.45, 7) is 14.9. The molecule has 0 aromatic heterocycles. The van der Waals surface area contributed by atoms with Crippen LogP contribution in [-0.4, -0.2) is 115 Å². The number of methoxy groups -OCH3 is 2. The molecule has 4 atom stereocenters. The molecule has 0 aromatic rings. The van der Waals surface area contributed by atoms with Gasteiger partial charge in [-0.15, -0.1) is 0 Å². The van der Waals surface area contributed by atoms with E-state index in [0.29, 0.717) is 64.6 Å². The maximum atomic E-state index is 12.6. The number of nitrogens with one attached hydrogen (secondary N) is 4. The lowest BCUT2D eigenvalue weighted by atomic mass is 10.1. The van der Waals surface area contributed by atoms with Gasteiger partial charge >= 0.3 is 11.9 Å². The van der Waals surface area contributed by atoms with E-state index in [9.17, 15) is 19.2 Å². The van der Waals surface area contributed by atoms with Gasteiger partial charge < -0.3 is 45.0 Å². The molecule has 0 aliphatic rings. The zero-order valence-electron chi connectivity index (χ0n) is 26.2. The highest BCUT2D eigenvalue weighted by Crippen LogP contribution is 2.01. The largest absolute Gasteiger partial charge is 0.469 e. The molecule has 2 amide bonds. The van der Waals surface area contributed by atoms with Gasteiger partial charge in [-0.3, -0.25) is 19.2 Å². The van der Waals surface area contributed by atoms with Crippen molar-refractivity contribution in [3.63, 3.8) is 0 Å². The van der Waals surface area contributed by atoms with Crippen LogP contribution in [0.1, 0.15) is 54.4 Å². The molecule has 0 saturated carbocycles. The zero-order valence-corrected chi connectivity index (χ0v) is 26.2. The summed E-state index contributed by atoms with van der Waals surface area (Å²) in [4.78, 5) is 48.5. The van der Waals surface area contributed by atoms with E-state index < -0.39 is 24.0 Å². The minimum atomic E-state index is -0.694. The molecule has 0 rings (SSSR count). The van der Waals surface area contributed by atoms with Crippen LogP contribution in [0.15, 0.2) is 0 Å². The molecule has 0 bridgehead atoms. The fourth-order valence-corrected chi connectivity index (χ4v) is 3.45. The number of carbonyl (C=O) groups is 4. The highest BCUT2D eigenvalue weighted by atomic mass is 16.5. The van der Waals surface area contributed by atoms with Gasteiger partial charge in [-0.05, 0) is 38.8 Å². The first-order valence-electron chi connectivity index (χ1n) is 14.3. The van der Waals surface area contributed by atoms with E-state index in [-0.39, 0.29) is 36.7 Å². The van der Waals surface area contributed by atoms with E-state index in [1.54, 1.807) is 0 Å². The number of esters is 2. The van der Waals surface area contributed by atoms with Crippen LogP contribution in [0.2, 0.25) is 0 Å². The Morgan fingerprint density at radius 1 is 0.610 bits per heavy atom. The Labute approximate surface area is 245 Å². The average Bonchev–Trinajstić information content (AvgIpc) is 2.91. The molecule has 0 aromatic carbocycles. The minimum Gasteiger partial charge on any atom is -0.469 e. The number of rotatable bonds is 24. The summed E-state index contributed by atoms with van der Waals surface area (Å²) < 4.78 is 26.1. The van der Waals surface area contributed by atoms with Crippen molar-refractivity contribution in [2.45, 2.75) is 78.6 Å². The lowest BCUT2D eigenvalue weighted by molar-refractivity contribution is -0.145. The van der Waals surface area contributed by atoms with Crippen molar-refractivity contribution in [3.05, 3.63) is 0 Å². The molecule has 0 saturated heterocycles. The van der Waals surface area contributed by atoms with Crippen molar-refractivity contribution in [1.29, 1.82) is 0 Å². The first-order chi connectivity index (χ1) is 19.4. The molecule has 0 fully saturated rings. The molecule has 0 spiro atoms. The molecule has 4 unspecified atom stereocenters. The fourth-order valence-electron chi connectivity index (χ4n) is 3.45. The quantitative estimate of drug-likeness (QED) is 0.0909. The van der Waals surface area contributed by atoms with Crippen LogP contribution in [0, 0.1) is 11.8 Å². The van der Waals surface area contributed by atoms with Gasteiger partial charge in [-0.25, -0.2) is 0 Å². The van der Waals surface area contributed by atoms with E-state index in [4.69, 9.17) is 23.7 Å². The third kappa shape index (κ3) is 21.1. The van der Waals surface area contributed by atoms with Gasteiger partial charge in [0.25, 0.3) is 0 Å². The standard InChI is InChI=1S/C28H54N4O9/c1-19(2)15-29-23(14-26(34)37-7)27(35)32-22(6)18-41-12-10-39-9-11-40-17-21(5)31-25(33)13-24(28(36)38-8)30-16-20(3)4/h19-24,29-30H,9-18H2,1-8H3,(H,31,33)(H,32,35). The van der Waals surface area contributed by atoms with E-state index in [1.165, 1.54) is 14.2 Å². The summed E-state index contributed by atoms with van der Waals surface area (Å²) in [5.41, 5.74) is 0. The number of carbonyl (C=O) groups excluding carboxylic acids is 4. The zero-order chi connectivity index (χ0) is 31.2. The Morgan fingerprint density at radius 3 is 1.59 bits per heavy atom. The topological polar surface area (TPSA) is 163 Å². The van der Waals surface area contributed by atoms with Crippen molar-refractivity contribution in [3.8, 4) is 0 Å². The van der Waals surface area contributed by atoms with Gasteiger partial charge in [0.1, 0.15) is 6.04 Å². The van der Waals surface area contributed by atoms with Gasteiger partial charge in [0.2, 0.25) is 11.8 Å². The first kappa shape index (κ1) is 38.7. The maximum absolute atomic E-state index is 12.6. The Morgan fingerprint density at radius 2 is 1.10 bits per heavy atom. The Kier molecular flexibility index (Phi) is 21.9. The Balaban J connectivity index is 4.06. The Bertz CT molecular complexity index is 752.